The summed E-state index contributed by atoms with van der Waals surface area (Å²) < 4.78 is 0. The van der Waals surface area contributed by atoms with Crippen molar-refractivity contribution in [3.63, 3.8) is 0 Å². The fourth-order valence-electron chi connectivity index (χ4n) is 3.29. The summed E-state index contributed by atoms with van der Waals surface area (Å²) in [6, 6.07) is 17.9. The molecule has 0 aliphatic heterocycles. The number of para-hydroxylation sites is 1. The molecule has 0 radical (unpaired) electrons. The number of nitrogens with one attached hydrogen (secondary N) is 1. The number of anilines is 2. The SMILES string of the molecule is Cc1cc(C(=O)Nc2c(C)cccc2C(C)C)nc(N(C)Cc2ccccc2)n1. The van der Waals surface area contributed by atoms with Crippen molar-refractivity contribution in [1.82, 2.24) is 9.97 Å². The zero-order chi connectivity index (χ0) is 21.0. The molecule has 0 unspecified atom stereocenters. The van der Waals surface area contributed by atoms with E-state index in [0.29, 0.717) is 24.1 Å². The molecule has 3 rings (SSSR count). The Morgan fingerprint density at radius 2 is 1.76 bits per heavy atom. The Morgan fingerprint density at radius 1 is 1.03 bits per heavy atom. The average molecular weight is 389 g/mol. The highest BCUT2D eigenvalue weighted by molar-refractivity contribution is 6.04. The smallest absolute Gasteiger partial charge is 0.274 e. The number of carbonyl (C=O) groups excluding carboxylic acids is 1. The van der Waals surface area contributed by atoms with Gasteiger partial charge < -0.3 is 10.2 Å². The summed E-state index contributed by atoms with van der Waals surface area (Å²) in [6.45, 7) is 8.80. The van der Waals surface area contributed by atoms with Crippen LogP contribution in [-0.2, 0) is 6.54 Å². The first-order chi connectivity index (χ1) is 13.8. The van der Waals surface area contributed by atoms with Crippen LogP contribution in [-0.4, -0.2) is 22.9 Å². The number of hydrogen-bond acceptors (Lipinski definition) is 4. The highest BCUT2D eigenvalue weighted by atomic mass is 16.1. The lowest BCUT2D eigenvalue weighted by atomic mass is 9.98. The third-order valence-electron chi connectivity index (χ3n) is 4.84. The van der Waals surface area contributed by atoms with Crippen molar-refractivity contribution in [2.75, 3.05) is 17.3 Å². The van der Waals surface area contributed by atoms with E-state index in [4.69, 9.17) is 0 Å². The second kappa shape index (κ2) is 8.86. The van der Waals surface area contributed by atoms with E-state index in [0.717, 1.165) is 28.1 Å². The summed E-state index contributed by atoms with van der Waals surface area (Å²) in [6.07, 6.45) is 0. The number of amides is 1. The van der Waals surface area contributed by atoms with Gasteiger partial charge in [0, 0.05) is 25.0 Å². The largest absolute Gasteiger partial charge is 0.340 e. The van der Waals surface area contributed by atoms with E-state index in [9.17, 15) is 4.79 Å². The van der Waals surface area contributed by atoms with Crippen LogP contribution in [0.5, 0.6) is 0 Å². The van der Waals surface area contributed by atoms with Crippen LogP contribution < -0.4 is 10.2 Å². The van der Waals surface area contributed by atoms with Gasteiger partial charge in [0.05, 0.1) is 0 Å². The molecule has 0 spiro atoms. The molecule has 0 aliphatic rings. The number of rotatable bonds is 6. The summed E-state index contributed by atoms with van der Waals surface area (Å²) in [7, 11) is 1.93. The zero-order valence-corrected chi connectivity index (χ0v) is 17.7. The van der Waals surface area contributed by atoms with E-state index < -0.39 is 0 Å². The molecule has 0 bridgehead atoms. The van der Waals surface area contributed by atoms with Gasteiger partial charge in [-0.25, -0.2) is 9.97 Å². The standard InChI is InChI=1S/C24H28N4O/c1-16(2)20-13-9-10-17(3)22(20)27-23(29)21-14-18(4)25-24(26-21)28(5)15-19-11-7-6-8-12-19/h6-14,16H,15H2,1-5H3,(H,27,29). The Balaban J connectivity index is 1.85. The lowest BCUT2D eigenvalue weighted by Gasteiger charge is -2.19. The van der Waals surface area contributed by atoms with Gasteiger partial charge in [0.25, 0.3) is 5.91 Å². The van der Waals surface area contributed by atoms with Gasteiger partial charge in [0.15, 0.2) is 0 Å². The molecule has 1 heterocycles. The fourth-order valence-corrected chi connectivity index (χ4v) is 3.29. The van der Waals surface area contributed by atoms with Crippen molar-refractivity contribution in [2.45, 2.75) is 40.2 Å². The minimum atomic E-state index is -0.221. The van der Waals surface area contributed by atoms with Crippen LogP contribution in [0.4, 0.5) is 11.6 Å². The van der Waals surface area contributed by atoms with E-state index in [1.54, 1.807) is 6.07 Å². The Kier molecular flexibility index (Phi) is 6.27. The van der Waals surface area contributed by atoms with Crippen molar-refractivity contribution in [3.8, 4) is 0 Å². The molecule has 5 heteroatoms. The van der Waals surface area contributed by atoms with Gasteiger partial charge in [0.1, 0.15) is 5.69 Å². The summed E-state index contributed by atoms with van der Waals surface area (Å²) in [4.78, 5) is 24.0. The fraction of sp³-hybridized carbons (Fsp3) is 0.292. The first kappa shape index (κ1) is 20.5. The van der Waals surface area contributed by atoms with E-state index in [1.807, 2.05) is 56.1 Å². The second-order valence-corrected chi connectivity index (χ2v) is 7.68. The van der Waals surface area contributed by atoms with E-state index in [2.05, 4.69) is 47.3 Å². The number of carbonyl (C=O) groups is 1. The van der Waals surface area contributed by atoms with Gasteiger partial charge >= 0.3 is 0 Å². The lowest BCUT2D eigenvalue weighted by Crippen LogP contribution is -2.22. The molecule has 0 saturated carbocycles. The van der Waals surface area contributed by atoms with Gasteiger partial charge in [0.2, 0.25) is 5.95 Å². The maximum atomic E-state index is 13.0. The molecule has 0 aliphatic carbocycles. The van der Waals surface area contributed by atoms with Crippen LogP contribution in [0.15, 0.2) is 54.6 Å². The monoisotopic (exact) mass is 388 g/mol. The Labute approximate surface area is 172 Å². The number of hydrogen-bond donors (Lipinski definition) is 1. The summed E-state index contributed by atoms with van der Waals surface area (Å²) in [5, 5.41) is 3.07. The molecule has 1 aromatic heterocycles. The number of aryl methyl sites for hydroxylation is 2. The highest BCUT2D eigenvalue weighted by Crippen LogP contribution is 2.28. The molecule has 150 valence electrons. The van der Waals surface area contributed by atoms with Crippen molar-refractivity contribution >= 4 is 17.5 Å². The Hall–Kier alpha value is -3.21. The summed E-state index contributed by atoms with van der Waals surface area (Å²) in [5.41, 5.74) is 5.30. The van der Waals surface area contributed by atoms with Gasteiger partial charge in [-0.2, -0.15) is 0 Å². The van der Waals surface area contributed by atoms with Crippen molar-refractivity contribution in [3.05, 3.63) is 82.7 Å². The minimum Gasteiger partial charge on any atom is -0.340 e. The van der Waals surface area contributed by atoms with Crippen LogP contribution in [0.25, 0.3) is 0 Å². The molecule has 1 N–H and O–H groups in total. The first-order valence-electron chi connectivity index (χ1n) is 9.86. The van der Waals surface area contributed by atoms with Crippen LogP contribution in [0.3, 0.4) is 0 Å². The molecule has 0 atom stereocenters. The molecule has 2 aromatic carbocycles. The first-order valence-corrected chi connectivity index (χ1v) is 9.86. The third kappa shape index (κ3) is 4.99. The van der Waals surface area contributed by atoms with E-state index in [1.165, 1.54) is 0 Å². The molecule has 3 aromatic rings. The quantitative estimate of drug-likeness (QED) is 0.638. The topological polar surface area (TPSA) is 58.1 Å². The number of benzene rings is 2. The van der Waals surface area contributed by atoms with Crippen LogP contribution in [0, 0.1) is 13.8 Å². The summed E-state index contributed by atoms with van der Waals surface area (Å²) >= 11 is 0. The predicted molar refractivity (Wildman–Crippen MR) is 119 cm³/mol. The van der Waals surface area contributed by atoms with Gasteiger partial charge in [-0.1, -0.05) is 62.4 Å². The molecule has 1 amide bonds. The lowest BCUT2D eigenvalue weighted by molar-refractivity contribution is 0.102. The van der Waals surface area contributed by atoms with E-state index >= 15 is 0 Å². The highest BCUT2D eigenvalue weighted by Gasteiger charge is 2.17. The van der Waals surface area contributed by atoms with Crippen LogP contribution in [0.2, 0.25) is 0 Å². The van der Waals surface area contributed by atoms with Crippen molar-refractivity contribution in [2.24, 2.45) is 0 Å². The van der Waals surface area contributed by atoms with Gasteiger partial charge in [-0.05, 0) is 42.5 Å². The van der Waals surface area contributed by atoms with Crippen LogP contribution in [0.1, 0.15) is 52.6 Å². The zero-order valence-electron chi connectivity index (χ0n) is 17.7. The average Bonchev–Trinajstić information content (AvgIpc) is 2.69. The Morgan fingerprint density at radius 3 is 2.45 bits per heavy atom. The van der Waals surface area contributed by atoms with E-state index in [-0.39, 0.29) is 5.91 Å². The maximum Gasteiger partial charge on any atom is 0.274 e. The normalized spacial score (nSPS) is 10.8. The van der Waals surface area contributed by atoms with Crippen molar-refractivity contribution in [1.29, 1.82) is 0 Å². The summed E-state index contributed by atoms with van der Waals surface area (Å²) in [5.74, 6) is 0.624. The minimum absolute atomic E-state index is 0.221. The number of nitrogens with zero attached hydrogens (tertiary/aromatic N) is 3. The molecule has 29 heavy (non-hydrogen) atoms. The number of aromatic nitrogens is 2. The third-order valence-corrected chi connectivity index (χ3v) is 4.84. The molecular weight excluding hydrogens is 360 g/mol. The molecular formula is C24H28N4O. The van der Waals surface area contributed by atoms with Crippen molar-refractivity contribution < 1.29 is 4.79 Å². The van der Waals surface area contributed by atoms with Gasteiger partial charge in [-0.3, -0.25) is 4.79 Å². The van der Waals surface area contributed by atoms with Crippen LogP contribution >= 0.6 is 0 Å². The molecule has 0 saturated heterocycles. The molecule has 0 fully saturated rings. The van der Waals surface area contributed by atoms with Gasteiger partial charge in [-0.15, -0.1) is 0 Å². The molecule has 5 nitrogen and oxygen atoms in total. The predicted octanol–water partition coefficient (Wildman–Crippen LogP) is 5.11. The maximum absolute atomic E-state index is 13.0. The second-order valence-electron chi connectivity index (χ2n) is 7.68. The Bertz CT molecular complexity index is 999.